The first-order valence-electron chi connectivity index (χ1n) is 4.51. The van der Waals surface area contributed by atoms with Crippen LogP contribution in [0.2, 0.25) is 5.02 Å². The monoisotopic (exact) mass is 290 g/mol. The van der Waals surface area contributed by atoms with Crippen molar-refractivity contribution in [3.63, 3.8) is 0 Å². The second-order valence-corrected chi connectivity index (χ2v) is 4.64. The summed E-state index contributed by atoms with van der Waals surface area (Å²) in [4.78, 5) is 11.3. The van der Waals surface area contributed by atoms with Gasteiger partial charge in [-0.15, -0.1) is 0 Å². The lowest BCUT2D eigenvalue weighted by Crippen LogP contribution is -2.34. The number of nitrogens with one attached hydrogen (secondary N) is 2. The average Bonchev–Trinajstić information content (AvgIpc) is 2.10. The number of hydrogen-bond donors (Lipinski definition) is 2. The highest BCUT2D eigenvalue weighted by Gasteiger charge is 2.04. The van der Waals surface area contributed by atoms with Gasteiger partial charge in [-0.05, 0) is 48.0 Å². The van der Waals surface area contributed by atoms with Gasteiger partial charge in [0.2, 0.25) is 0 Å². The van der Waals surface area contributed by atoms with Crippen molar-refractivity contribution >= 4 is 39.2 Å². The highest BCUT2D eigenvalue weighted by atomic mass is 79.9. The molecule has 3 nitrogen and oxygen atoms in total. The zero-order chi connectivity index (χ0) is 11.4. The molecule has 0 saturated heterocycles. The van der Waals surface area contributed by atoms with Gasteiger partial charge < -0.3 is 10.6 Å². The molecule has 82 valence electrons. The Balaban J connectivity index is 2.65. The lowest BCUT2D eigenvalue weighted by molar-refractivity contribution is 0.250. The minimum Gasteiger partial charge on any atom is -0.336 e. The second-order valence-electron chi connectivity index (χ2n) is 3.38. The molecule has 0 aliphatic carbocycles. The minimum absolute atomic E-state index is 0.112. The van der Waals surface area contributed by atoms with Crippen LogP contribution >= 0.6 is 27.5 Å². The highest BCUT2D eigenvalue weighted by Crippen LogP contribution is 2.25. The fourth-order valence-electron chi connectivity index (χ4n) is 1.00. The zero-order valence-corrected chi connectivity index (χ0v) is 10.8. The number of urea groups is 1. The molecule has 0 heterocycles. The summed E-state index contributed by atoms with van der Waals surface area (Å²) in [5.74, 6) is 0. The maximum absolute atomic E-state index is 11.3. The third kappa shape index (κ3) is 4.10. The molecule has 15 heavy (non-hydrogen) atoms. The summed E-state index contributed by atoms with van der Waals surface area (Å²) < 4.78 is 0.756. The van der Waals surface area contributed by atoms with E-state index in [1.54, 1.807) is 18.2 Å². The van der Waals surface area contributed by atoms with Crippen molar-refractivity contribution in [1.82, 2.24) is 5.32 Å². The van der Waals surface area contributed by atoms with Crippen LogP contribution in [0.25, 0.3) is 0 Å². The number of benzene rings is 1. The van der Waals surface area contributed by atoms with Gasteiger partial charge in [-0.1, -0.05) is 11.6 Å². The van der Waals surface area contributed by atoms with E-state index >= 15 is 0 Å². The summed E-state index contributed by atoms with van der Waals surface area (Å²) in [6.07, 6.45) is 0. The molecule has 0 bridgehead atoms. The maximum atomic E-state index is 11.3. The van der Waals surface area contributed by atoms with E-state index < -0.39 is 0 Å². The van der Waals surface area contributed by atoms with E-state index in [1.165, 1.54) is 0 Å². The topological polar surface area (TPSA) is 41.1 Å². The first-order valence-corrected chi connectivity index (χ1v) is 5.68. The van der Waals surface area contributed by atoms with E-state index in [9.17, 15) is 4.79 Å². The van der Waals surface area contributed by atoms with E-state index in [-0.39, 0.29) is 12.1 Å². The molecule has 1 rings (SSSR count). The SMILES string of the molecule is CC(C)NC(=O)Nc1ccc(Cl)c(Br)c1. The van der Waals surface area contributed by atoms with Crippen LogP contribution in [0.3, 0.4) is 0 Å². The number of amides is 2. The summed E-state index contributed by atoms with van der Waals surface area (Å²) in [5.41, 5.74) is 0.699. The Labute approximate surface area is 102 Å². The number of rotatable bonds is 2. The van der Waals surface area contributed by atoms with Crippen LogP contribution in [0, 0.1) is 0 Å². The first kappa shape index (κ1) is 12.3. The van der Waals surface area contributed by atoms with Crippen LogP contribution in [0.4, 0.5) is 10.5 Å². The van der Waals surface area contributed by atoms with Gasteiger partial charge in [-0.3, -0.25) is 0 Å². The van der Waals surface area contributed by atoms with Gasteiger partial charge in [0.1, 0.15) is 0 Å². The van der Waals surface area contributed by atoms with Crippen LogP contribution < -0.4 is 10.6 Å². The fourth-order valence-corrected chi connectivity index (χ4v) is 1.50. The summed E-state index contributed by atoms with van der Waals surface area (Å²) in [6, 6.07) is 5.10. The molecule has 1 aromatic rings. The Morgan fingerprint density at radius 3 is 2.67 bits per heavy atom. The molecule has 2 amide bonds. The quantitative estimate of drug-likeness (QED) is 0.858. The van der Waals surface area contributed by atoms with Crippen molar-refractivity contribution in [2.75, 3.05) is 5.32 Å². The van der Waals surface area contributed by atoms with Gasteiger partial charge in [0.05, 0.1) is 5.02 Å². The Morgan fingerprint density at radius 2 is 2.13 bits per heavy atom. The van der Waals surface area contributed by atoms with E-state index in [4.69, 9.17) is 11.6 Å². The highest BCUT2D eigenvalue weighted by molar-refractivity contribution is 9.10. The lowest BCUT2D eigenvalue weighted by atomic mass is 10.3. The van der Waals surface area contributed by atoms with Crippen LogP contribution in [-0.4, -0.2) is 12.1 Å². The van der Waals surface area contributed by atoms with Gasteiger partial charge in [-0.25, -0.2) is 4.79 Å². The Morgan fingerprint density at radius 1 is 1.47 bits per heavy atom. The molecule has 0 aromatic heterocycles. The van der Waals surface area contributed by atoms with Crippen molar-refractivity contribution in [1.29, 1.82) is 0 Å². The molecule has 5 heteroatoms. The smallest absolute Gasteiger partial charge is 0.319 e. The summed E-state index contributed by atoms with van der Waals surface area (Å²) in [7, 11) is 0. The van der Waals surface area contributed by atoms with Crippen LogP contribution in [0.1, 0.15) is 13.8 Å². The van der Waals surface area contributed by atoms with E-state index in [0.717, 1.165) is 4.47 Å². The number of carbonyl (C=O) groups is 1. The summed E-state index contributed by atoms with van der Waals surface area (Å²) >= 11 is 9.11. The van der Waals surface area contributed by atoms with Crippen molar-refractivity contribution in [3.05, 3.63) is 27.7 Å². The van der Waals surface area contributed by atoms with E-state index in [2.05, 4.69) is 26.6 Å². The third-order valence-corrected chi connectivity index (χ3v) is 2.81. The van der Waals surface area contributed by atoms with Crippen molar-refractivity contribution < 1.29 is 4.79 Å². The maximum Gasteiger partial charge on any atom is 0.319 e. The molecular formula is C10H12BrClN2O. The van der Waals surface area contributed by atoms with E-state index in [0.29, 0.717) is 10.7 Å². The standard InChI is InChI=1S/C10H12BrClN2O/c1-6(2)13-10(15)14-7-3-4-9(12)8(11)5-7/h3-6H,1-2H3,(H2,13,14,15). The molecule has 0 radical (unpaired) electrons. The van der Waals surface area contributed by atoms with Gasteiger partial charge in [0, 0.05) is 16.2 Å². The Bertz CT molecular complexity index is 368. The van der Waals surface area contributed by atoms with Crippen molar-refractivity contribution in [2.24, 2.45) is 0 Å². The lowest BCUT2D eigenvalue weighted by Gasteiger charge is -2.10. The minimum atomic E-state index is -0.223. The molecule has 0 saturated carbocycles. The van der Waals surface area contributed by atoms with Crippen molar-refractivity contribution in [3.8, 4) is 0 Å². The van der Waals surface area contributed by atoms with Gasteiger partial charge >= 0.3 is 6.03 Å². The molecule has 0 atom stereocenters. The molecule has 0 spiro atoms. The molecule has 0 unspecified atom stereocenters. The molecular weight excluding hydrogens is 279 g/mol. The van der Waals surface area contributed by atoms with Crippen LogP contribution in [0.15, 0.2) is 22.7 Å². The van der Waals surface area contributed by atoms with Gasteiger partial charge in [0.25, 0.3) is 0 Å². The third-order valence-electron chi connectivity index (χ3n) is 1.60. The molecule has 0 aliphatic rings. The predicted molar refractivity (Wildman–Crippen MR) is 66.4 cm³/mol. The molecule has 1 aromatic carbocycles. The van der Waals surface area contributed by atoms with Crippen LogP contribution in [0.5, 0.6) is 0 Å². The normalized spacial score (nSPS) is 10.2. The predicted octanol–water partition coefficient (Wildman–Crippen LogP) is 3.63. The largest absolute Gasteiger partial charge is 0.336 e. The Kier molecular flexibility index (Phi) is 4.42. The average molecular weight is 292 g/mol. The Hall–Kier alpha value is -0.740. The van der Waals surface area contributed by atoms with Crippen LogP contribution in [-0.2, 0) is 0 Å². The van der Waals surface area contributed by atoms with Gasteiger partial charge in [0.15, 0.2) is 0 Å². The van der Waals surface area contributed by atoms with E-state index in [1.807, 2.05) is 13.8 Å². The number of halogens is 2. The van der Waals surface area contributed by atoms with Crippen molar-refractivity contribution in [2.45, 2.75) is 19.9 Å². The summed E-state index contributed by atoms with van der Waals surface area (Å²) in [5, 5.41) is 6.05. The number of carbonyl (C=O) groups excluding carboxylic acids is 1. The first-order chi connectivity index (χ1) is 6.99. The molecule has 0 aliphatic heterocycles. The zero-order valence-electron chi connectivity index (χ0n) is 8.47. The fraction of sp³-hybridized carbons (Fsp3) is 0.300. The molecule has 2 N–H and O–H groups in total. The summed E-state index contributed by atoms with van der Waals surface area (Å²) in [6.45, 7) is 3.80. The number of anilines is 1. The van der Waals surface area contributed by atoms with Gasteiger partial charge in [-0.2, -0.15) is 0 Å². The second kappa shape index (κ2) is 5.37. The number of hydrogen-bond acceptors (Lipinski definition) is 1. The molecule has 0 fully saturated rings.